The Bertz CT molecular complexity index is 652. The molecule has 0 N–H and O–H groups in total. The van der Waals surface area contributed by atoms with E-state index in [1.165, 1.54) is 21.5 Å². The van der Waals surface area contributed by atoms with Crippen LogP contribution in [-0.2, 0) is 0 Å². The lowest BCUT2D eigenvalue weighted by molar-refractivity contribution is 1.11. The zero-order chi connectivity index (χ0) is 10.3. The van der Waals surface area contributed by atoms with Gasteiger partial charge in [-0.1, -0.05) is 64.5 Å². The van der Waals surface area contributed by atoms with Crippen molar-refractivity contribution in [3.63, 3.8) is 0 Å². The molecule has 17 heavy (non-hydrogen) atoms. The van der Waals surface area contributed by atoms with Gasteiger partial charge in [-0.2, -0.15) is 0 Å². The first-order valence-corrected chi connectivity index (χ1v) is 5.71. The SMILES string of the molecule is Brc1cccc2c1ccc1ccccc12.F.[Mg]. The standard InChI is InChI=1S/C14H9Br.FH.Mg/c15-14-7-3-6-12-11-5-2-1-4-10(11)8-9-13(12)14;;/h1-9H;1H;. The van der Waals surface area contributed by atoms with Crippen LogP contribution >= 0.6 is 15.9 Å². The van der Waals surface area contributed by atoms with E-state index in [1.54, 1.807) is 0 Å². The van der Waals surface area contributed by atoms with E-state index in [0.717, 1.165) is 4.47 Å². The molecule has 0 atom stereocenters. The summed E-state index contributed by atoms with van der Waals surface area (Å²) >= 11 is 3.58. The van der Waals surface area contributed by atoms with Crippen molar-refractivity contribution in [3.8, 4) is 0 Å². The van der Waals surface area contributed by atoms with Crippen molar-refractivity contribution in [1.29, 1.82) is 0 Å². The van der Waals surface area contributed by atoms with Gasteiger partial charge in [0.25, 0.3) is 0 Å². The van der Waals surface area contributed by atoms with Crippen molar-refractivity contribution in [2.24, 2.45) is 0 Å². The van der Waals surface area contributed by atoms with Crippen molar-refractivity contribution in [2.75, 3.05) is 0 Å². The Morgan fingerprint density at radius 3 is 2.18 bits per heavy atom. The zero-order valence-electron chi connectivity index (χ0n) is 9.19. The topological polar surface area (TPSA) is 0 Å². The van der Waals surface area contributed by atoms with Crippen LogP contribution in [0.5, 0.6) is 0 Å². The van der Waals surface area contributed by atoms with Crippen molar-refractivity contribution in [3.05, 3.63) is 59.1 Å². The summed E-state index contributed by atoms with van der Waals surface area (Å²) in [5.74, 6) is 0. The van der Waals surface area contributed by atoms with Crippen LogP contribution in [0.3, 0.4) is 0 Å². The van der Waals surface area contributed by atoms with E-state index in [2.05, 4.69) is 70.5 Å². The van der Waals surface area contributed by atoms with Gasteiger partial charge in [0.1, 0.15) is 0 Å². The summed E-state index contributed by atoms with van der Waals surface area (Å²) < 4.78 is 1.16. The summed E-state index contributed by atoms with van der Waals surface area (Å²) in [6.45, 7) is 0. The van der Waals surface area contributed by atoms with Gasteiger partial charge >= 0.3 is 0 Å². The number of hydrogen-bond acceptors (Lipinski definition) is 0. The first kappa shape index (κ1) is 14.4. The molecule has 0 saturated carbocycles. The molecule has 0 spiro atoms. The Morgan fingerprint density at radius 2 is 1.35 bits per heavy atom. The third kappa shape index (κ3) is 2.46. The normalized spacial score (nSPS) is 9.71. The number of hydrogen-bond donors (Lipinski definition) is 0. The van der Waals surface area contributed by atoms with Gasteiger partial charge in [-0.05, 0) is 27.6 Å². The Labute approximate surface area is 124 Å². The van der Waals surface area contributed by atoms with Gasteiger partial charge in [-0.15, -0.1) is 0 Å². The lowest BCUT2D eigenvalue weighted by atomic mass is 10.0. The molecule has 0 heterocycles. The summed E-state index contributed by atoms with van der Waals surface area (Å²) in [5.41, 5.74) is 0. The predicted octanol–water partition coefficient (Wildman–Crippen LogP) is 4.53. The van der Waals surface area contributed by atoms with Crippen molar-refractivity contribution in [2.45, 2.75) is 0 Å². The minimum Gasteiger partial charge on any atom is -0.269 e. The second-order valence-corrected chi connectivity index (χ2v) is 4.48. The van der Waals surface area contributed by atoms with Crippen LogP contribution in [0.15, 0.2) is 59.1 Å². The molecule has 0 amide bonds. The van der Waals surface area contributed by atoms with E-state index < -0.39 is 0 Å². The fourth-order valence-corrected chi connectivity index (χ4v) is 2.50. The Balaban J connectivity index is 0.000000722. The van der Waals surface area contributed by atoms with Crippen LogP contribution in [0.2, 0.25) is 0 Å². The van der Waals surface area contributed by atoms with Gasteiger partial charge in [0.2, 0.25) is 0 Å². The minimum absolute atomic E-state index is 0. The fraction of sp³-hybridized carbons (Fsp3) is 0. The highest BCUT2D eigenvalue weighted by Crippen LogP contribution is 2.29. The van der Waals surface area contributed by atoms with Gasteiger partial charge in [0.15, 0.2) is 0 Å². The molecule has 0 aliphatic carbocycles. The molecule has 0 nitrogen and oxygen atoms in total. The maximum absolute atomic E-state index is 3.58. The highest BCUT2D eigenvalue weighted by atomic mass is 79.9. The van der Waals surface area contributed by atoms with E-state index in [1.807, 2.05) is 0 Å². The molecule has 0 saturated heterocycles. The summed E-state index contributed by atoms with van der Waals surface area (Å²) in [5, 5.41) is 5.19. The largest absolute Gasteiger partial charge is 0.269 e. The van der Waals surface area contributed by atoms with Gasteiger partial charge in [-0.25, -0.2) is 0 Å². The highest BCUT2D eigenvalue weighted by molar-refractivity contribution is 9.10. The number of benzene rings is 3. The van der Waals surface area contributed by atoms with Crippen LogP contribution in [0.25, 0.3) is 21.5 Å². The van der Waals surface area contributed by atoms with Crippen molar-refractivity contribution < 1.29 is 4.70 Å². The molecule has 0 aromatic heterocycles. The van der Waals surface area contributed by atoms with Gasteiger partial charge in [-0.3, -0.25) is 4.70 Å². The van der Waals surface area contributed by atoms with E-state index in [4.69, 9.17) is 0 Å². The first-order valence-electron chi connectivity index (χ1n) is 4.92. The van der Waals surface area contributed by atoms with Crippen LogP contribution < -0.4 is 0 Å². The predicted molar refractivity (Wildman–Crippen MR) is 77.4 cm³/mol. The van der Waals surface area contributed by atoms with Crippen molar-refractivity contribution in [1.82, 2.24) is 0 Å². The Kier molecular flexibility index (Phi) is 4.92. The number of rotatable bonds is 0. The quantitative estimate of drug-likeness (QED) is 0.423. The summed E-state index contributed by atoms with van der Waals surface area (Å²) in [6.07, 6.45) is 0. The average Bonchev–Trinajstić information content (AvgIpc) is 2.29. The summed E-state index contributed by atoms with van der Waals surface area (Å²) in [7, 11) is 0. The molecule has 0 unspecified atom stereocenters. The molecule has 0 aliphatic heterocycles. The van der Waals surface area contributed by atoms with Crippen LogP contribution in [-0.4, -0.2) is 23.1 Å². The second kappa shape index (κ2) is 5.80. The van der Waals surface area contributed by atoms with Crippen LogP contribution in [0.4, 0.5) is 4.70 Å². The highest BCUT2D eigenvalue weighted by Gasteiger charge is 2.01. The van der Waals surface area contributed by atoms with Crippen LogP contribution in [0.1, 0.15) is 0 Å². The molecule has 3 aromatic rings. The van der Waals surface area contributed by atoms with Crippen molar-refractivity contribution >= 4 is 60.5 Å². The number of halogens is 2. The third-order valence-electron chi connectivity index (χ3n) is 2.73. The molecule has 0 bridgehead atoms. The fourth-order valence-electron chi connectivity index (χ4n) is 2.00. The minimum atomic E-state index is 0. The molecule has 3 heteroatoms. The number of fused-ring (bicyclic) bond motifs is 3. The average molecular weight is 301 g/mol. The lowest BCUT2D eigenvalue weighted by Gasteiger charge is -2.04. The maximum Gasteiger partial charge on any atom is 0.0253 e. The molecule has 0 fully saturated rings. The molecular formula is C14H10BrFMg. The third-order valence-corrected chi connectivity index (χ3v) is 3.42. The van der Waals surface area contributed by atoms with Gasteiger partial charge in [0.05, 0.1) is 0 Å². The van der Waals surface area contributed by atoms with E-state index in [9.17, 15) is 0 Å². The van der Waals surface area contributed by atoms with Gasteiger partial charge < -0.3 is 0 Å². The maximum atomic E-state index is 3.58. The monoisotopic (exact) mass is 300 g/mol. The summed E-state index contributed by atoms with van der Waals surface area (Å²) in [4.78, 5) is 0. The van der Waals surface area contributed by atoms with E-state index in [0.29, 0.717) is 0 Å². The smallest absolute Gasteiger partial charge is 0.0253 e. The molecule has 2 radical (unpaired) electrons. The Hall–Kier alpha value is -0.644. The second-order valence-electron chi connectivity index (χ2n) is 3.62. The molecule has 3 aromatic carbocycles. The van der Waals surface area contributed by atoms with E-state index in [-0.39, 0.29) is 27.8 Å². The Morgan fingerprint density at radius 1 is 0.647 bits per heavy atom. The molecule has 3 rings (SSSR count). The molecular weight excluding hydrogens is 291 g/mol. The zero-order valence-corrected chi connectivity index (χ0v) is 12.2. The lowest BCUT2D eigenvalue weighted by Crippen LogP contribution is -1.77. The first-order chi connectivity index (χ1) is 7.36. The molecule has 82 valence electrons. The van der Waals surface area contributed by atoms with Gasteiger partial charge in [0, 0.05) is 27.5 Å². The van der Waals surface area contributed by atoms with Crippen LogP contribution in [0, 0.1) is 0 Å². The summed E-state index contributed by atoms with van der Waals surface area (Å²) in [6, 6.07) is 19.1. The van der Waals surface area contributed by atoms with E-state index >= 15 is 0 Å². The molecule has 0 aliphatic rings.